The number of aliphatic hydroxyl groups excluding tert-OH is 2. The fraction of sp³-hybridized carbons (Fsp3) is 0.811. The number of carbonyl (C=O) groups excluding carboxylic acids is 3. The van der Waals surface area contributed by atoms with Crippen molar-refractivity contribution in [1.82, 2.24) is 0 Å². The number of rotatable bonds is 34. The third-order valence-electron chi connectivity index (χ3n) is 7.76. The van der Waals surface area contributed by atoms with Crippen molar-refractivity contribution in [1.29, 1.82) is 0 Å². The molecule has 11 nitrogen and oxygen atoms in total. The normalized spacial score (nSPS) is 14.3. The second-order valence-corrected chi connectivity index (χ2v) is 14.6. The zero-order valence-corrected chi connectivity index (χ0v) is 31.5. The first-order valence-electron chi connectivity index (χ1n) is 18.6. The molecule has 286 valence electrons. The number of allylic oxidation sites excluding steroid dienone is 4. The lowest BCUT2D eigenvalue weighted by atomic mass is 10.0. The Morgan fingerprint density at radius 2 is 1.29 bits per heavy atom. The smallest absolute Gasteiger partial charge is 0.462 e. The molecule has 0 aromatic carbocycles. The van der Waals surface area contributed by atoms with Gasteiger partial charge in [-0.25, -0.2) is 4.57 Å². The van der Waals surface area contributed by atoms with Gasteiger partial charge in [-0.05, 0) is 44.1 Å². The fourth-order valence-corrected chi connectivity index (χ4v) is 5.59. The highest BCUT2D eigenvalue weighted by molar-refractivity contribution is 7.47. The van der Waals surface area contributed by atoms with Crippen molar-refractivity contribution in [3.8, 4) is 0 Å². The van der Waals surface area contributed by atoms with Crippen LogP contribution in [0.1, 0.15) is 149 Å². The lowest BCUT2D eigenvalue weighted by molar-refractivity contribution is -0.161. The minimum absolute atomic E-state index is 0.134. The zero-order valence-electron chi connectivity index (χ0n) is 30.6. The molecule has 0 fully saturated rings. The SMILES string of the molecule is CCCCCC(=O)/C=C/C=C\CCCCCCCC(=O)O[C@H](COC(=O)CCCCCCCCCC(C)C)COP(=O)(O)OC[C@@H](O)CO. The van der Waals surface area contributed by atoms with Crippen molar-refractivity contribution in [3.63, 3.8) is 0 Å². The van der Waals surface area contributed by atoms with E-state index >= 15 is 0 Å². The van der Waals surface area contributed by atoms with Gasteiger partial charge in [-0.2, -0.15) is 0 Å². The molecule has 49 heavy (non-hydrogen) atoms. The molecule has 0 amide bonds. The van der Waals surface area contributed by atoms with E-state index in [1.807, 2.05) is 12.2 Å². The van der Waals surface area contributed by atoms with E-state index in [2.05, 4.69) is 25.3 Å². The number of ether oxygens (including phenoxy) is 2. The first-order valence-corrected chi connectivity index (χ1v) is 20.1. The molecule has 0 aromatic heterocycles. The molecule has 0 bridgehead atoms. The molecule has 0 rings (SSSR count). The minimum atomic E-state index is -4.63. The van der Waals surface area contributed by atoms with Gasteiger partial charge in [0.05, 0.1) is 19.8 Å². The summed E-state index contributed by atoms with van der Waals surface area (Å²) >= 11 is 0. The number of esters is 2. The van der Waals surface area contributed by atoms with Crippen molar-refractivity contribution < 1.29 is 52.6 Å². The Morgan fingerprint density at radius 3 is 1.92 bits per heavy atom. The quantitative estimate of drug-likeness (QED) is 0.0194. The lowest BCUT2D eigenvalue weighted by Crippen LogP contribution is -2.29. The molecule has 0 radical (unpaired) electrons. The van der Waals surface area contributed by atoms with Crippen LogP contribution >= 0.6 is 7.82 Å². The Morgan fingerprint density at radius 1 is 0.714 bits per heavy atom. The Balaban J connectivity index is 4.46. The highest BCUT2D eigenvalue weighted by atomic mass is 31.2. The number of carbonyl (C=O) groups is 3. The molecular weight excluding hydrogens is 651 g/mol. The van der Waals surface area contributed by atoms with Crippen molar-refractivity contribution in [2.75, 3.05) is 26.4 Å². The molecule has 1 unspecified atom stereocenters. The third-order valence-corrected chi connectivity index (χ3v) is 8.71. The van der Waals surface area contributed by atoms with Gasteiger partial charge in [0, 0.05) is 19.3 Å². The summed E-state index contributed by atoms with van der Waals surface area (Å²) in [5, 5.41) is 18.2. The molecule has 0 aliphatic heterocycles. The van der Waals surface area contributed by atoms with E-state index in [1.54, 1.807) is 12.2 Å². The zero-order chi connectivity index (χ0) is 36.6. The van der Waals surface area contributed by atoms with E-state index in [-0.39, 0.29) is 25.2 Å². The van der Waals surface area contributed by atoms with Crippen LogP contribution in [0.4, 0.5) is 0 Å². The van der Waals surface area contributed by atoms with Crippen LogP contribution in [0.25, 0.3) is 0 Å². The van der Waals surface area contributed by atoms with Crippen LogP contribution in [0.2, 0.25) is 0 Å². The van der Waals surface area contributed by atoms with Gasteiger partial charge in [-0.15, -0.1) is 0 Å². The summed E-state index contributed by atoms with van der Waals surface area (Å²) < 4.78 is 32.5. The van der Waals surface area contributed by atoms with Crippen molar-refractivity contribution >= 4 is 25.5 Å². The molecule has 0 aromatic rings. The Labute approximate surface area is 295 Å². The first kappa shape index (κ1) is 47.1. The van der Waals surface area contributed by atoms with E-state index in [9.17, 15) is 28.9 Å². The largest absolute Gasteiger partial charge is 0.472 e. The molecule has 0 saturated heterocycles. The lowest BCUT2D eigenvalue weighted by Gasteiger charge is -2.20. The minimum Gasteiger partial charge on any atom is -0.462 e. The summed E-state index contributed by atoms with van der Waals surface area (Å²) in [6.07, 6.45) is 23.0. The summed E-state index contributed by atoms with van der Waals surface area (Å²) in [5.74, 6) is -0.0929. The van der Waals surface area contributed by atoms with Gasteiger partial charge in [0.15, 0.2) is 11.9 Å². The first-order chi connectivity index (χ1) is 23.5. The van der Waals surface area contributed by atoms with Gasteiger partial charge < -0.3 is 24.6 Å². The summed E-state index contributed by atoms with van der Waals surface area (Å²) in [6, 6.07) is 0. The number of hydrogen-bond donors (Lipinski definition) is 3. The van der Waals surface area contributed by atoms with Gasteiger partial charge in [0.1, 0.15) is 12.7 Å². The van der Waals surface area contributed by atoms with Crippen molar-refractivity contribution in [2.45, 2.75) is 161 Å². The van der Waals surface area contributed by atoms with E-state index in [0.717, 1.165) is 76.5 Å². The number of unbranched alkanes of at least 4 members (excludes halogenated alkanes) is 13. The summed E-state index contributed by atoms with van der Waals surface area (Å²) in [7, 11) is -4.63. The van der Waals surface area contributed by atoms with E-state index in [1.165, 1.54) is 25.7 Å². The van der Waals surface area contributed by atoms with Gasteiger partial charge in [0.25, 0.3) is 0 Å². The van der Waals surface area contributed by atoms with E-state index in [0.29, 0.717) is 19.3 Å². The maximum atomic E-state index is 12.5. The van der Waals surface area contributed by atoms with E-state index in [4.69, 9.17) is 19.1 Å². The second-order valence-electron chi connectivity index (χ2n) is 13.1. The second kappa shape index (κ2) is 32.1. The standard InChI is InChI=1S/C37H67O11P/c1-4-5-18-24-33(39)25-20-15-11-7-6-8-12-17-22-27-37(42)48-35(31-47-49(43,44)46-29-34(40)28-38)30-45-36(41)26-21-16-13-9-10-14-19-23-32(2)3/h11,15,20,25,32,34-35,38,40H,4-10,12-14,16-19,21-24,26-31H2,1-3H3,(H,43,44)/b15-11-,25-20+/t34-,35+/m0/s1. The van der Waals surface area contributed by atoms with Gasteiger partial charge >= 0.3 is 19.8 Å². The molecular formula is C37H67O11P. The molecule has 0 aliphatic carbocycles. The molecule has 0 heterocycles. The topological polar surface area (TPSA) is 166 Å². The summed E-state index contributed by atoms with van der Waals surface area (Å²) in [5.41, 5.74) is 0. The van der Waals surface area contributed by atoms with Crippen LogP contribution in [0.5, 0.6) is 0 Å². The predicted molar refractivity (Wildman–Crippen MR) is 192 cm³/mol. The Kier molecular flexibility index (Phi) is 30.8. The molecule has 0 aliphatic rings. The van der Waals surface area contributed by atoms with Gasteiger partial charge in [-0.1, -0.05) is 116 Å². The molecule has 0 spiro atoms. The van der Waals surface area contributed by atoms with Crippen LogP contribution < -0.4 is 0 Å². The third kappa shape index (κ3) is 33.0. The fourth-order valence-electron chi connectivity index (χ4n) is 4.80. The van der Waals surface area contributed by atoms with Gasteiger partial charge in [0.2, 0.25) is 0 Å². The molecule has 3 N–H and O–H groups in total. The average molecular weight is 719 g/mol. The molecule has 12 heteroatoms. The molecule has 3 atom stereocenters. The maximum absolute atomic E-state index is 12.5. The average Bonchev–Trinajstić information content (AvgIpc) is 3.06. The van der Waals surface area contributed by atoms with Crippen LogP contribution in [-0.2, 0) is 37.5 Å². The number of phosphoric acid groups is 1. The summed E-state index contributed by atoms with van der Waals surface area (Å²) in [6.45, 7) is 4.39. The maximum Gasteiger partial charge on any atom is 0.472 e. The highest BCUT2D eigenvalue weighted by Gasteiger charge is 2.27. The van der Waals surface area contributed by atoms with Crippen LogP contribution in [0.15, 0.2) is 24.3 Å². The Hall–Kier alpha value is -1.88. The van der Waals surface area contributed by atoms with Crippen LogP contribution in [0.3, 0.4) is 0 Å². The number of hydrogen-bond acceptors (Lipinski definition) is 10. The van der Waals surface area contributed by atoms with Crippen molar-refractivity contribution in [2.24, 2.45) is 5.92 Å². The van der Waals surface area contributed by atoms with Gasteiger partial charge in [-0.3, -0.25) is 23.4 Å². The Bertz CT molecular complexity index is 951. The van der Waals surface area contributed by atoms with Crippen molar-refractivity contribution in [3.05, 3.63) is 24.3 Å². The van der Waals surface area contributed by atoms with Crippen LogP contribution in [0, 0.1) is 5.92 Å². The summed E-state index contributed by atoms with van der Waals surface area (Å²) in [4.78, 5) is 46.5. The van der Waals surface area contributed by atoms with E-state index < -0.39 is 51.8 Å². The molecule has 0 saturated carbocycles. The predicted octanol–water partition coefficient (Wildman–Crippen LogP) is 8.09. The number of ketones is 1. The monoisotopic (exact) mass is 718 g/mol. The highest BCUT2D eigenvalue weighted by Crippen LogP contribution is 2.43. The number of phosphoric ester groups is 1. The van der Waals surface area contributed by atoms with Crippen LogP contribution in [-0.4, -0.2) is 71.5 Å². The number of aliphatic hydroxyl groups is 2.